The van der Waals surface area contributed by atoms with Crippen molar-refractivity contribution < 1.29 is 31.4 Å². The number of aliphatic hydroxyl groups excluding tert-OH is 1. The third-order valence-electron chi connectivity index (χ3n) is 3.25. The number of sulfone groups is 1. The Morgan fingerprint density at radius 3 is 2.48 bits per heavy atom. The summed E-state index contributed by atoms with van der Waals surface area (Å²) in [6, 6.07) is 9.12. The SMILES string of the molecule is Cn1nc(OCC(O)CS(=O)(=O)Cc2ccccc2)cc1C(F)(F)F. The summed E-state index contributed by atoms with van der Waals surface area (Å²) < 4.78 is 67.6. The number of rotatable bonds is 7. The highest BCUT2D eigenvalue weighted by atomic mass is 32.2. The zero-order valence-corrected chi connectivity index (χ0v) is 14.1. The van der Waals surface area contributed by atoms with Crippen molar-refractivity contribution >= 4 is 9.84 Å². The Morgan fingerprint density at radius 1 is 1.28 bits per heavy atom. The molecule has 0 saturated carbocycles. The molecular formula is C15H17F3N2O4S. The molecule has 2 aromatic rings. The van der Waals surface area contributed by atoms with E-state index in [1.807, 2.05) is 0 Å². The molecule has 0 aliphatic rings. The van der Waals surface area contributed by atoms with Crippen LogP contribution >= 0.6 is 0 Å². The molecule has 0 bridgehead atoms. The van der Waals surface area contributed by atoms with E-state index in [2.05, 4.69) is 5.10 Å². The molecule has 10 heteroatoms. The number of aryl methyl sites for hydroxylation is 1. The van der Waals surface area contributed by atoms with Crippen LogP contribution in [-0.2, 0) is 28.8 Å². The normalized spacial score (nSPS) is 13.6. The molecule has 1 atom stereocenters. The standard InChI is InChI=1S/C15H17F3N2O4S/c1-20-13(15(16,17)18)7-14(19-20)24-8-12(21)10-25(22,23)9-11-5-3-2-4-6-11/h2-7,12,21H,8-10H2,1H3. The first-order chi connectivity index (χ1) is 11.6. The molecule has 1 heterocycles. The van der Waals surface area contributed by atoms with E-state index in [1.54, 1.807) is 30.3 Å². The van der Waals surface area contributed by atoms with Crippen molar-refractivity contribution in [2.45, 2.75) is 18.0 Å². The molecule has 1 unspecified atom stereocenters. The number of benzene rings is 1. The highest BCUT2D eigenvalue weighted by Crippen LogP contribution is 2.30. The van der Waals surface area contributed by atoms with Gasteiger partial charge in [0.1, 0.15) is 18.4 Å². The molecule has 0 fully saturated rings. The van der Waals surface area contributed by atoms with Gasteiger partial charge in [0.2, 0.25) is 5.88 Å². The van der Waals surface area contributed by atoms with Gasteiger partial charge in [0.15, 0.2) is 9.84 Å². The Labute approximate surface area is 142 Å². The topological polar surface area (TPSA) is 81.4 Å². The summed E-state index contributed by atoms with van der Waals surface area (Å²) in [6.45, 7) is -0.484. The molecule has 0 aliphatic carbocycles. The monoisotopic (exact) mass is 378 g/mol. The Morgan fingerprint density at radius 2 is 1.92 bits per heavy atom. The van der Waals surface area contributed by atoms with E-state index in [0.717, 1.165) is 7.05 Å². The molecule has 1 aromatic carbocycles. The lowest BCUT2D eigenvalue weighted by atomic mass is 10.2. The van der Waals surface area contributed by atoms with Crippen molar-refractivity contribution in [1.29, 1.82) is 0 Å². The van der Waals surface area contributed by atoms with Crippen molar-refractivity contribution in [2.24, 2.45) is 7.05 Å². The van der Waals surface area contributed by atoms with E-state index in [4.69, 9.17) is 4.74 Å². The van der Waals surface area contributed by atoms with E-state index in [-0.39, 0.29) is 11.6 Å². The van der Waals surface area contributed by atoms with Gasteiger partial charge in [-0.15, -0.1) is 5.10 Å². The Bertz CT molecular complexity index is 804. The fraction of sp³-hybridized carbons (Fsp3) is 0.400. The second kappa shape index (κ2) is 7.44. The minimum absolute atomic E-state index is 0.243. The van der Waals surface area contributed by atoms with Gasteiger partial charge in [0.25, 0.3) is 0 Å². The summed E-state index contributed by atoms with van der Waals surface area (Å²) in [7, 11) is -2.49. The molecule has 2 rings (SSSR count). The third kappa shape index (κ3) is 5.75. The number of halogens is 3. The van der Waals surface area contributed by atoms with Gasteiger partial charge in [0.05, 0.1) is 11.5 Å². The van der Waals surface area contributed by atoms with Crippen LogP contribution in [0.3, 0.4) is 0 Å². The third-order valence-corrected chi connectivity index (χ3v) is 4.91. The molecule has 0 saturated heterocycles. The van der Waals surface area contributed by atoms with Gasteiger partial charge in [-0.1, -0.05) is 30.3 Å². The minimum Gasteiger partial charge on any atom is -0.474 e. The van der Waals surface area contributed by atoms with E-state index < -0.39 is 40.2 Å². The van der Waals surface area contributed by atoms with Crippen LogP contribution < -0.4 is 4.74 Å². The number of aromatic nitrogens is 2. The average Bonchev–Trinajstić information content (AvgIpc) is 2.86. The number of ether oxygens (including phenoxy) is 1. The maximum absolute atomic E-state index is 12.6. The van der Waals surface area contributed by atoms with Crippen LogP contribution in [0, 0.1) is 0 Å². The summed E-state index contributed by atoms with van der Waals surface area (Å²) in [5.74, 6) is -1.15. The Kier molecular flexibility index (Phi) is 5.73. The molecule has 0 radical (unpaired) electrons. The minimum atomic E-state index is -4.58. The lowest BCUT2D eigenvalue weighted by Crippen LogP contribution is -2.28. The number of aliphatic hydroxyl groups is 1. The average molecular weight is 378 g/mol. The summed E-state index contributed by atoms with van der Waals surface area (Å²) in [5, 5.41) is 13.3. The molecular weight excluding hydrogens is 361 g/mol. The van der Waals surface area contributed by atoms with Gasteiger partial charge in [-0.25, -0.2) is 8.42 Å². The van der Waals surface area contributed by atoms with Gasteiger partial charge >= 0.3 is 6.18 Å². The Balaban J connectivity index is 1.91. The Hall–Kier alpha value is -2.07. The fourth-order valence-electron chi connectivity index (χ4n) is 2.19. The number of alkyl halides is 3. The van der Waals surface area contributed by atoms with Crippen molar-refractivity contribution in [3.63, 3.8) is 0 Å². The number of hydrogen-bond acceptors (Lipinski definition) is 5. The van der Waals surface area contributed by atoms with Crippen LogP contribution in [0.4, 0.5) is 13.2 Å². The number of hydrogen-bond donors (Lipinski definition) is 1. The molecule has 6 nitrogen and oxygen atoms in total. The van der Waals surface area contributed by atoms with Crippen LogP contribution in [-0.4, -0.2) is 41.8 Å². The summed E-state index contributed by atoms with van der Waals surface area (Å²) in [5.41, 5.74) is -0.427. The quantitative estimate of drug-likeness (QED) is 0.795. The predicted molar refractivity (Wildman–Crippen MR) is 83.6 cm³/mol. The van der Waals surface area contributed by atoms with E-state index in [0.29, 0.717) is 16.3 Å². The van der Waals surface area contributed by atoms with E-state index in [1.165, 1.54) is 0 Å². The second-order valence-electron chi connectivity index (χ2n) is 5.49. The van der Waals surface area contributed by atoms with Crippen LogP contribution in [0.5, 0.6) is 5.88 Å². The van der Waals surface area contributed by atoms with Crippen LogP contribution in [0.1, 0.15) is 11.3 Å². The number of nitrogens with zero attached hydrogens (tertiary/aromatic N) is 2. The van der Waals surface area contributed by atoms with Crippen molar-refractivity contribution in [2.75, 3.05) is 12.4 Å². The molecule has 0 spiro atoms. The lowest BCUT2D eigenvalue weighted by Gasteiger charge is -2.11. The maximum atomic E-state index is 12.6. The van der Waals surface area contributed by atoms with Gasteiger partial charge in [-0.2, -0.15) is 13.2 Å². The zero-order chi connectivity index (χ0) is 18.7. The summed E-state index contributed by atoms with van der Waals surface area (Å²) in [4.78, 5) is 0. The van der Waals surface area contributed by atoms with Crippen molar-refractivity contribution in [3.05, 3.63) is 47.7 Å². The molecule has 0 aliphatic heterocycles. The van der Waals surface area contributed by atoms with Gasteiger partial charge in [0, 0.05) is 13.1 Å². The van der Waals surface area contributed by atoms with Crippen molar-refractivity contribution in [3.8, 4) is 5.88 Å². The maximum Gasteiger partial charge on any atom is 0.433 e. The van der Waals surface area contributed by atoms with Crippen molar-refractivity contribution in [1.82, 2.24) is 9.78 Å². The van der Waals surface area contributed by atoms with Crippen LogP contribution in [0.15, 0.2) is 36.4 Å². The van der Waals surface area contributed by atoms with Gasteiger partial charge < -0.3 is 9.84 Å². The molecule has 25 heavy (non-hydrogen) atoms. The van der Waals surface area contributed by atoms with E-state index in [9.17, 15) is 26.7 Å². The highest BCUT2D eigenvalue weighted by Gasteiger charge is 2.35. The molecule has 1 N–H and O–H groups in total. The highest BCUT2D eigenvalue weighted by molar-refractivity contribution is 7.90. The fourth-order valence-corrected chi connectivity index (χ4v) is 3.69. The first kappa shape index (κ1) is 19.3. The molecule has 138 valence electrons. The lowest BCUT2D eigenvalue weighted by molar-refractivity contribution is -0.143. The van der Waals surface area contributed by atoms with Crippen LogP contribution in [0.25, 0.3) is 0 Å². The smallest absolute Gasteiger partial charge is 0.433 e. The zero-order valence-electron chi connectivity index (χ0n) is 13.3. The van der Waals surface area contributed by atoms with Crippen LogP contribution in [0.2, 0.25) is 0 Å². The van der Waals surface area contributed by atoms with E-state index >= 15 is 0 Å². The largest absolute Gasteiger partial charge is 0.474 e. The summed E-state index contributed by atoms with van der Waals surface area (Å²) >= 11 is 0. The predicted octanol–water partition coefficient (Wildman–Crippen LogP) is 1.79. The summed E-state index contributed by atoms with van der Waals surface area (Å²) in [6.07, 6.45) is -5.97. The van der Waals surface area contributed by atoms with Gasteiger partial charge in [-0.05, 0) is 5.56 Å². The van der Waals surface area contributed by atoms with Gasteiger partial charge in [-0.3, -0.25) is 4.68 Å². The second-order valence-corrected chi connectivity index (χ2v) is 7.60. The molecule has 0 amide bonds. The molecule has 1 aromatic heterocycles. The first-order valence-electron chi connectivity index (χ1n) is 7.23. The first-order valence-corrected chi connectivity index (χ1v) is 9.05.